The number of para-hydroxylation sites is 1. The number of rotatable bonds is 8. The first-order valence-corrected chi connectivity index (χ1v) is 14.1. The number of amides is 3. The summed E-state index contributed by atoms with van der Waals surface area (Å²) in [6.45, 7) is 4.41. The Morgan fingerprint density at radius 2 is 1.55 bits per heavy atom. The number of hydrogen-bond donors (Lipinski definition) is 1. The number of nitrogens with one attached hydrogen (secondary N) is 1. The molecule has 2 saturated heterocycles. The molecule has 7 heteroatoms. The molecule has 0 aromatic heterocycles. The number of likely N-dealkylation sites (tertiary alicyclic amines) is 2. The van der Waals surface area contributed by atoms with Crippen LogP contribution in [0.3, 0.4) is 0 Å². The van der Waals surface area contributed by atoms with E-state index in [0.717, 1.165) is 38.0 Å². The van der Waals surface area contributed by atoms with Crippen molar-refractivity contribution in [1.82, 2.24) is 9.80 Å². The van der Waals surface area contributed by atoms with Crippen LogP contribution in [-0.4, -0.2) is 60.8 Å². The van der Waals surface area contributed by atoms with Crippen molar-refractivity contribution in [2.75, 3.05) is 38.6 Å². The minimum absolute atomic E-state index is 0.0157. The molecule has 5 rings (SSSR count). The first-order chi connectivity index (χ1) is 19.4. The summed E-state index contributed by atoms with van der Waals surface area (Å²) in [7, 11) is 1.55. The fourth-order valence-corrected chi connectivity index (χ4v) is 5.68. The lowest BCUT2D eigenvalue weighted by Crippen LogP contribution is -2.57. The molecule has 3 amide bonds. The van der Waals surface area contributed by atoms with Crippen molar-refractivity contribution in [2.24, 2.45) is 5.92 Å². The van der Waals surface area contributed by atoms with E-state index >= 15 is 0 Å². The Kier molecular flexibility index (Phi) is 8.48. The molecule has 40 heavy (non-hydrogen) atoms. The van der Waals surface area contributed by atoms with Gasteiger partial charge in [-0.3, -0.25) is 14.4 Å². The van der Waals surface area contributed by atoms with Crippen LogP contribution in [0.25, 0.3) is 0 Å². The molecule has 0 bridgehead atoms. The summed E-state index contributed by atoms with van der Waals surface area (Å²) in [5.41, 5.74) is 4.99. The molecule has 7 nitrogen and oxygen atoms in total. The molecule has 2 fully saturated rings. The third-order valence-corrected chi connectivity index (χ3v) is 8.21. The van der Waals surface area contributed by atoms with Crippen molar-refractivity contribution in [3.8, 4) is 5.75 Å². The number of ether oxygens (including phenoxy) is 1. The van der Waals surface area contributed by atoms with Gasteiger partial charge in [-0.1, -0.05) is 48.5 Å². The Morgan fingerprint density at radius 1 is 0.875 bits per heavy atom. The van der Waals surface area contributed by atoms with Crippen molar-refractivity contribution >= 4 is 23.4 Å². The van der Waals surface area contributed by atoms with Gasteiger partial charge in [0.15, 0.2) is 0 Å². The summed E-state index contributed by atoms with van der Waals surface area (Å²) in [6.07, 6.45) is 2.99. The lowest BCUT2D eigenvalue weighted by Gasteiger charge is -2.42. The van der Waals surface area contributed by atoms with Gasteiger partial charge in [0.1, 0.15) is 5.75 Å². The highest BCUT2D eigenvalue weighted by molar-refractivity contribution is 5.98. The number of piperidine rings is 1. The minimum atomic E-state index is -0.135. The molecule has 0 unspecified atom stereocenters. The number of methoxy groups -OCH3 is 1. The summed E-state index contributed by atoms with van der Waals surface area (Å²) in [4.78, 5) is 42.0. The maximum atomic E-state index is 13.1. The largest absolute Gasteiger partial charge is 0.496 e. The average Bonchev–Trinajstić information content (AvgIpc) is 2.96. The number of aryl methyl sites for hydroxylation is 2. The van der Waals surface area contributed by atoms with E-state index in [4.69, 9.17) is 4.74 Å². The molecule has 3 aromatic carbocycles. The van der Waals surface area contributed by atoms with Crippen LogP contribution in [0.2, 0.25) is 0 Å². The second kappa shape index (κ2) is 12.4. The van der Waals surface area contributed by atoms with Crippen molar-refractivity contribution in [2.45, 2.75) is 38.5 Å². The first-order valence-electron chi connectivity index (χ1n) is 14.1. The monoisotopic (exact) mass is 539 g/mol. The highest BCUT2D eigenvalue weighted by Crippen LogP contribution is 2.31. The SMILES string of the molecule is COc1ccccc1C(=O)N1CC(C(=O)N2CCC(c3ccc(NC(=O)CCc4ccccc4C)cc3)CC2)C1. The molecule has 2 aliphatic rings. The normalized spacial score (nSPS) is 15.8. The predicted molar refractivity (Wildman–Crippen MR) is 156 cm³/mol. The van der Waals surface area contributed by atoms with Crippen molar-refractivity contribution < 1.29 is 19.1 Å². The molecular weight excluding hydrogens is 502 g/mol. The van der Waals surface area contributed by atoms with Gasteiger partial charge in [0.2, 0.25) is 11.8 Å². The molecule has 0 radical (unpaired) electrons. The van der Waals surface area contributed by atoms with Gasteiger partial charge in [0.25, 0.3) is 5.91 Å². The maximum absolute atomic E-state index is 13.1. The Hall–Kier alpha value is -4.13. The second-order valence-corrected chi connectivity index (χ2v) is 10.8. The van der Waals surface area contributed by atoms with Gasteiger partial charge in [-0.2, -0.15) is 0 Å². The number of anilines is 1. The average molecular weight is 540 g/mol. The zero-order valence-corrected chi connectivity index (χ0v) is 23.3. The van der Waals surface area contributed by atoms with Crippen LogP contribution < -0.4 is 10.1 Å². The molecule has 3 aromatic rings. The number of hydrogen-bond acceptors (Lipinski definition) is 4. The first kappa shape index (κ1) is 27.4. The molecule has 0 atom stereocenters. The van der Waals surface area contributed by atoms with Crippen LogP contribution in [0.15, 0.2) is 72.8 Å². The fourth-order valence-electron chi connectivity index (χ4n) is 5.68. The van der Waals surface area contributed by atoms with E-state index in [1.165, 1.54) is 16.7 Å². The van der Waals surface area contributed by atoms with Gasteiger partial charge >= 0.3 is 0 Å². The van der Waals surface area contributed by atoms with E-state index < -0.39 is 0 Å². The standard InChI is InChI=1S/C33H37N3O4/c1-23-7-3-4-8-24(23)13-16-31(37)34-28-14-11-25(12-15-28)26-17-19-35(20-18-26)32(38)27-21-36(22-27)33(39)29-9-5-6-10-30(29)40-2/h3-12,14-15,26-27H,13,16-22H2,1-2H3,(H,34,37). The van der Waals surface area contributed by atoms with Crippen molar-refractivity contribution in [3.63, 3.8) is 0 Å². The van der Waals surface area contributed by atoms with E-state index in [1.54, 1.807) is 24.1 Å². The molecule has 0 spiro atoms. The summed E-state index contributed by atoms with van der Waals surface area (Å²) in [5, 5.41) is 3.01. The highest BCUT2D eigenvalue weighted by atomic mass is 16.5. The third-order valence-electron chi connectivity index (χ3n) is 8.21. The topological polar surface area (TPSA) is 79.0 Å². The van der Waals surface area contributed by atoms with Crippen molar-refractivity contribution in [1.29, 1.82) is 0 Å². The molecule has 0 aliphatic carbocycles. The molecule has 1 N–H and O–H groups in total. The zero-order valence-electron chi connectivity index (χ0n) is 23.3. The van der Waals surface area contributed by atoms with Crippen LogP contribution in [-0.2, 0) is 16.0 Å². The maximum Gasteiger partial charge on any atom is 0.257 e. The lowest BCUT2D eigenvalue weighted by molar-refractivity contribution is -0.140. The van der Waals surface area contributed by atoms with Gasteiger partial charge in [-0.15, -0.1) is 0 Å². The number of carbonyl (C=O) groups excluding carboxylic acids is 3. The summed E-state index contributed by atoms with van der Waals surface area (Å²) in [5.74, 6) is 0.876. The molecular formula is C33H37N3O4. The minimum Gasteiger partial charge on any atom is -0.496 e. The summed E-state index contributed by atoms with van der Waals surface area (Å²) < 4.78 is 5.31. The van der Waals surface area contributed by atoms with Gasteiger partial charge < -0.3 is 19.9 Å². The van der Waals surface area contributed by atoms with Crippen LogP contribution >= 0.6 is 0 Å². The van der Waals surface area contributed by atoms with E-state index in [1.807, 2.05) is 41.3 Å². The number of benzene rings is 3. The Morgan fingerprint density at radius 3 is 2.25 bits per heavy atom. The summed E-state index contributed by atoms with van der Waals surface area (Å²) in [6, 6.07) is 23.5. The van der Waals surface area contributed by atoms with Gasteiger partial charge in [0.05, 0.1) is 18.6 Å². The zero-order chi connectivity index (χ0) is 28.1. The lowest BCUT2D eigenvalue weighted by atomic mass is 9.88. The Balaban J connectivity index is 1.05. The van der Waals surface area contributed by atoms with Crippen LogP contribution in [0.5, 0.6) is 5.75 Å². The summed E-state index contributed by atoms with van der Waals surface area (Å²) >= 11 is 0. The number of nitrogens with zero attached hydrogens (tertiary/aromatic N) is 2. The van der Waals surface area contributed by atoms with Crippen LogP contribution in [0, 0.1) is 12.8 Å². The number of carbonyl (C=O) groups is 3. The van der Waals surface area contributed by atoms with E-state index in [2.05, 4.69) is 36.5 Å². The van der Waals surface area contributed by atoms with Crippen LogP contribution in [0.4, 0.5) is 5.69 Å². The Labute approximate surface area is 236 Å². The molecule has 2 heterocycles. The third kappa shape index (κ3) is 6.19. The van der Waals surface area contributed by atoms with Crippen LogP contribution in [0.1, 0.15) is 52.2 Å². The van der Waals surface area contributed by atoms with E-state index in [9.17, 15) is 14.4 Å². The van der Waals surface area contributed by atoms with Gasteiger partial charge in [0, 0.05) is 38.3 Å². The second-order valence-electron chi connectivity index (χ2n) is 10.8. The molecule has 2 aliphatic heterocycles. The van der Waals surface area contributed by atoms with Gasteiger partial charge in [-0.05, 0) is 73.1 Å². The molecule has 208 valence electrons. The van der Waals surface area contributed by atoms with E-state index in [0.29, 0.717) is 36.7 Å². The fraction of sp³-hybridized carbons (Fsp3) is 0.364. The smallest absolute Gasteiger partial charge is 0.257 e. The van der Waals surface area contributed by atoms with E-state index in [-0.39, 0.29) is 23.6 Å². The van der Waals surface area contributed by atoms with Crippen molar-refractivity contribution in [3.05, 3.63) is 95.1 Å². The quantitative estimate of drug-likeness (QED) is 0.434. The molecule has 0 saturated carbocycles. The van der Waals surface area contributed by atoms with Gasteiger partial charge in [-0.25, -0.2) is 0 Å². The Bertz CT molecular complexity index is 1360. The predicted octanol–water partition coefficient (Wildman–Crippen LogP) is 5.05. The highest BCUT2D eigenvalue weighted by Gasteiger charge is 2.39.